The van der Waals surface area contributed by atoms with E-state index in [9.17, 15) is 4.39 Å². The number of hydrogen-bond donors (Lipinski definition) is 1. The number of ether oxygens (including phenoxy) is 1. The van der Waals surface area contributed by atoms with E-state index in [0.29, 0.717) is 18.9 Å². The molecule has 1 N–H and O–H groups in total. The van der Waals surface area contributed by atoms with Crippen LogP contribution in [0.25, 0.3) is 10.9 Å². The number of aromatic nitrogens is 2. The molecule has 3 rings (SSSR count). The molecule has 0 saturated carbocycles. The Labute approximate surface area is 121 Å². The second-order valence-corrected chi connectivity index (χ2v) is 4.47. The molecule has 5 heteroatoms. The van der Waals surface area contributed by atoms with Crippen LogP contribution in [0.1, 0.15) is 0 Å². The summed E-state index contributed by atoms with van der Waals surface area (Å²) in [6, 6.07) is 13.8. The van der Waals surface area contributed by atoms with Gasteiger partial charge in [0.05, 0.1) is 12.1 Å². The number of para-hydroxylation sites is 1. The molecule has 0 unspecified atom stereocenters. The lowest BCUT2D eigenvalue weighted by Crippen LogP contribution is -2.12. The average Bonchev–Trinajstić information content (AvgIpc) is 2.53. The number of halogens is 1. The predicted molar refractivity (Wildman–Crippen MR) is 79.9 cm³/mol. The standard InChI is InChI=1S/C16H14FN3O/c17-12-5-7-13(8-6-12)21-10-9-18-16-14-3-1-2-4-15(14)19-11-20-16/h1-8,11H,9-10H2,(H,18,19,20). The largest absolute Gasteiger partial charge is 0.492 e. The molecule has 0 aliphatic rings. The fourth-order valence-corrected chi connectivity index (χ4v) is 2.01. The minimum atomic E-state index is -0.270. The van der Waals surface area contributed by atoms with Crippen LogP contribution in [-0.2, 0) is 0 Å². The highest BCUT2D eigenvalue weighted by atomic mass is 19.1. The molecule has 0 aliphatic heterocycles. The Bertz CT molecular complexity index is 726. The van der Waals surface area contributed by atoms with E-state index in [2.05, 4.69) is 15.3 Å². The summed E-state index contributed by atoms with van der Waals surface area (Å²) in [5.74, 6) is 1.15. The topological polar surface area (TPSA) is 47.0 Å². The van der Waals surface area contributed by atoms with Gasteiger partial charge in [0.2, 0.25) is 0 Å². The molecule has 2 aromatic carbocycles. The zero-order valence-corrected chi connectivity index (χ0v) is 11.3. The summed E-state index contributed by atoms with van der Waals surface area (Å²) in [4.78, 5) is 8.44. The Morgan fingerprint density at radius 3 is 2.67 bits per heavy atom. The summed E-state index contributed by atoms with van der Waals surface area (Å²) in [5.41, 5.74) is 0.898. The summed E-state index contributed by atoms with van der Waals surface area (Å²) >= 11 is 0. The predicted octanol–water partition coefficient (Wildman–Crippen LogP) is 3.26. The fourth-order valence-electron chi connectivity index (χ4n) is 2.01. The molecule has 0 radical (unpaired) electrons. The highest BCUT2D eigenvalue weighted by molar-refractivity contribution is 5.88. The molecule has 0 spiro atoms. The van der Waals surface area contributed by atoms with E-state index in [1.165, 1.54) is 18.5 Å². The maximum atomic E-state index is 12.8. The number of rotatable bonds is 5. The van der Waals surface area contributed by atoms with Crippen LogP contribution in [-0.4, -0.2) is 23.1 Å². The van der Waals surface area contributed by atoms with E-state index in [1.54, 1.807) is 12.1 Å². The molecule has 0 bridgehead atoms. The van der Waals surface area contributed by atoms with Crippen molar-refractivity contribution in [2.45, 2.75) is 0 Å². The molecular weight excluding hydrogens is 269 g/mol. The van der Waals surface area contributed by atoms with Crippen molar-refractivity contribution in [1.29, 1.82) is 0 Å². The van der Waals surface area contributed by atoms with Gasteiger partial charge in [-0.05, 0) is 36.4 Å². The van der Waals surface area contributed by atoms with Gasteiger partial charge in [0.1, 0.15) is 30.3 Å². The van der Waals surface area contributed by atoms with Gasteiger partial charge in [-0.15, -0.1) is 0 Å². The van der Waals surface area contributed by atoms with Crippen LogP contribution < -0.4 is 10.1 Å². The summed E-state index contributed by atoms with van der Waals surface area (Å²) in [5, 5.41) is 4.19. The first-order chi connectivity index (χ1) is 10.3. The smallest absolute Gasteiger partial charge is 0.137 e. The molecule has 0 saturated heterocycles. The van der Waals surface area contributed by atoms with Crippen LogP contribution in [0.5, 0.6) is 5.75 Å². The summed E-state index contributed by atoms with van der Waals surface area (Å²) in [6.45, 7) is 1.06. The second kappa shape index (κ2) is 6.17. The molecular formula is C16H14FN3O. The van der Waals surface area contributed by atoms with Gasteiger partial charge in [-0.25, -0.2) is 14.4 Å². The van der Waals surface area contributed by atoms with Crippen LogP contribution in [0, 0.1) is 5.82 Å². The van der Waals surface area contributed by atoms with Crippen LogP contribution >= 0.6 is 0 Å². The fraction of sp³-hybridized carbons (Fsp3) is 0.125. The Morgan fingerprint density at radius 1 is 1.00 bits per heavy atom. The van der Waals surface area contributed by atoms with E-state index >= 15 is 0 Å². The van der Waals surface area contributed by atoms with E-state index in [1.807, 2.05) is 24.3 Å². The Hall–Kier alpha value is -2.69. The van der Waals surface area contributed by atoms with Crippen LogP contribution in [0.3, 0.4) is 0 Å². The summed E-state index contributed by atoms with van der Waals surface area (Å²) in [6.07, 6.45) is 1.53. The average molecular weight is 283 g/mol. The monoisotopic (exact) mass is 283 g/mol. The summed E-state index contributed by atoms with van der Waals surface area (Å²) < 4.78 is 18.3. The van der Waals surface area contributed by atoms with Crippen molar-refractivity contribution >= 4 is 16.7 Å². The third-order valence-electron chi connectivity index (χ3n) is 3.02. The van der Waals surface area contributed by atoms with Gasteiger partial charge < -0.3 is 10.1 Å². The highest BCUT2D eigenvalue weighted by Crippen LogP contribution is 2.18. The molecule has 0 aliphatic carbocycles. The van der Waals surface area contributed by atoms with E-state index in [4.69, 9.17) is 4.74 Å². The number of fused-ring (bicyclic) bond motifs is 1. The molecule has 0 atom stereocenters. The van der Waals surface area contributed by atoms with Crippen molar-refractivity contribution in [2.75, 3.05) is 18.5 Å². The van der Waals surface area contributed by atoms with Crippen molar-refractivity contribution in [3.05, 3.63) is 60.7 Å². The van der Waals surface area contributed by atoms with Gasteiger partial charge in [0.25, 0.3) is 0 Å². The number of nitrogens with zero attached hydrogens (tertiary/aromatic N) is 2. The van der Waals surface area contributed by atoms with Gasteiger partial charge in [-0.2, -0.15) is 0 Å². The van der Waals surface area contributed by atoms with Gasteiger partial charge in [0, 0.05) is 5.39 Å². The molecule has 4 nitrogen and oxygen atoms in total. The van der Waals surface area contributed by atoms with E-state index in [-0.39, 0.29) is 5.82 Å². The quantitative estimate of drug-likeness (QED) is 0.730. The minimum Gasteiger partial charge on any atom is -0.492 e. The number of benzene rings is 2. The minimum absolute atomic E-state index is 0.270. The lowest BCUT2D eigenvalue weighted by atomic mass is 10.2. The first kappa shape index (κ1) is 13.3. The lowest BCUT2D eigenvalue weighted by molar-refractivity contribution is 0.332. The number of nitrogens with one attached hydrogen (secondary N) is 1. The first-order valence-corrected chi connectivity index (χ1v) is 6.65. The molecule has 106 valence electrons. The van der Waals surface area contributed by atoms with Gasteiger partial charge in [-0.3, -0.25) is 0 Å². The molecule has 1 heterocycles. The maximum Gasteiger partial charge on any atom is 0.137 e. The molecule has 1 aromatic heterocycles. The van der Waals surface area contributed by atoms with Gasteiger partial charge >= 0.3 is 0 Å². The lowest BCUT2D eigenvalue weighted by Gasteiger charge is -2.09. The second-order valence-electron chi connectivity index (χ2n) is 4.47. The summed E-state index contributed by atoms with van der Waals surface area (Å²) in [7, 11) is 0. The third-order valence-corrected chi connectivity index (χ3v) is 3.02. The van der Waals surface area contributed by atoms with Crippen molar-refractivity contribution < 1.29 is 9.13 Å². The van der Waals surface area contributed by atoms with Crippen LogP contribution in [0.4, 0.5) is 10.2 Å². The van der Waals surface area contributed by atoms with Crippen molar-refractivity contribution in [3.63, 3.8) is 0 Å². The van der Waals surface area contributed by atoms with E-state index < -0.39 is 0 Å². The van der Waals surface area contributed by atoms with Crippen LogP contribution in [0.2, 0.25) is 0 Å². The van der Waals surface area contributed by atoms with Crippen molar-refractivity contribution in [2.24, 2.45) is 0 Å². The molecule has 3 aromatic rings. The molecule has 0 amide bonds. The maximum absolute atomic E-state index is 12.8. The zero-order chi connectivity index (χ0) is 14.5. The Kier molecular flexibility index (Phi) is 3.91. The Balaban J connectivity index is 1.58. The normalized spacial score (nSPS) is 10.5. The SMILES string of the molecule is Fc1ccc(OCCNc2ncnc3ccccc23)cc1. The molecule has 21 heavy (non-hydrogen) atoms. The van der Waals surface area contributed by atoms with Gasteiger partial charge in [0.15, 0.2) is 0 Å². The third kappa shape index (κ3) is 3.25. The van der Waals surface area contributed by atoms with Gasteiger partial charge in [-0.1, -0.05) is 12.1 Å². The van der Waals surface area contributed by atoms with Crippen molar-refractivity contribution in [3.8, 4) is 5.75 Å². The number of hydrogen-bond acceptors (Lipinski definition) is 4. The first-order valence-electron chi connectivity index (χ1n) is 6.65. The Morgan fingerprint density at radius 2 is 1.81 bits per heavy atom. The number of anilines is 1. The van der Waals surface area contributed by atoms with E-state index in [0.717, 1.165) is 16.7 Å². The molecule has 0 fully saturated rings. The zero-order valence-electron chi connectivity index (χ0n) is 11.3. The highest BCUT2D eigenvalue weighted by Gasteiger charge is 2.02. The van der Waals surface area contributed by atoms with Crippen LogP contribution in [0.15, 0.2) is 54.9 Å². The van der Waals surface area contributed by atoms with Crippen molar-refractivity contribution in [1.82, 2.24) is 9.97 Å².